The van der Waals surface area contributed by atoms with Crippen LogP contribution in [0.1, 0.15) is 11.1 Å². The third-order valence-corrected chi connectivity index (χ3v) is 3.67. The number of hydrazone groups is 1. The molecule has 27 heavy (non-hydrogen) atoms. The summed E-state index contributed by atoms with van der Waals surface area (Å²) in [6.07, 6.45) is 1.49. The second-order valence-electron chi connectivity index (χ2n) is 5.64. The van der Waals surface area contributed by atoms with E-state index in [1.54, 1.807) is 18.2 Å². The largest absolute Gasteiger partial charge is 0.482 e. The predicted octanol–water partition coefficient (Wildman–Crippen LogP) is 4.76. The first-order valence-electron chi connectivity index (χ1n) is 8.11. The Morgan fingerprint density at radius 1 is 1.07 bits per heavy atom. The molecule has 0 saturated heterocycles. The number of nitro benzene ring substituents is 1. The van der Waals surface area contributed by atoms with Crippen molar-refractivity contribution in [1.82, 2.24) is 0 Å². The molecule has 0 heterocycles. The Labute approximate surface area is 155 Å². The smallest absolute Gasteiger partial charge is 0.311 e. The molecule has 0 atom stereocenters. The number of hydrogen-bond donors (Lipinski definition) is 1. The Balaban J connectivity index is 1.70. The van der Waals surface area contributed by atoms with E-state index in [4.69, 9.17) is 4.74 Å². The van der Waals surface area contributed by atoms with Gasteiger partial charge in [0.1, 0.15) is 12.4 Å². The highest BCUT2D eigenvalue weighted by Gasteiger charge is 2.15. The molecule has 0 saturated carbocycles. The van der Waals surface area contributed by atoms with Gasteiger partial charge in [-0.05, 0) is 42.0 Å². The molecule has 3 aromatic carbocycles. The number of halogens is 1. The van der Waals surface area contributed by atoms with E-state index >= 15 is 0 Å². The van der Waals surface area contributed by atoms with E-state index in [1.807, 2.05) is 30.3 Å². The summed E-state index contributed by atoms with van der Waals surface area (Å²) in [6, 6.07) is 19.7. The van der Waals surface area contributed by atoms with E-state index in [2.05, 4.69) is 10.5 Å². The van der Waals surface area contributed by atoms with Gasteiger partial charge in [0.05, 0.1) is 16.8 Å². The minimum absolute atomic E-state index is 0.101. The second kappa shape index (κ2) is 8.57. The van der Waals surface area contributed by atoms with Gasteiger partial charge in [0.15, 0.2) is 5.75 Å². The zero-order valence-corrected chi connectivity index (χ0v) is 14.2. The summed E-state index contributed by atoms with van der Waals surface area (Å²) in [5, 5.41) is 15.4. The van der Waals surface area contributed by atoms with Gasteiger partial charge >= 0.3 is 5.69 Å². The van der Waals surface area contributed by atoms with Gasteiger partial charge in [-0.1, -0.05) is 30.3 Å². The van der Waals surface area contributed by atoms with Crippen LogP contribution in [0.5, 0.6) is 5.75 Å². The second-order valence-corrected chi connectivity index (χ2v) is 5.64. The molecule has 0 aromatic heterocycles. The highest BCUT2D eigenvalue weighted by Crippen LogP contribution is 2.28. The highest BCUT2D eigenvalue weighted by atomic mass is 19.1. The Morgan fingerprint density at radius 2 is 1.81 bits per heavy atom. The molecule has 3 aromatic rings. The third kappa shape index (κ3) is 5.12. The minimum Gasteiger partial charge on any atom is -0.482 e. The van der Waals surface area contributed by atoms with E-state index < -0.39 is 4.92 Å². The van der Waals surface area contributed by atoms with Gasteiger partial charge in [0, 0.05) is 11.6 Å². The quantitative estimate of drug-likeness (QED) is 0.372. The molecule has 0 aliphatic carbocycles. The first-order chi connectivity index (χ1) is 13.1. The van der Waals surface area contributed by atoms with E-state index in [-0.39, 0.29) is 23.9 Å². The van der Waals surface area contributed by atoms with Crippen LogP contribution in [0.3, 0.4) is 0 Å². The summed E-state index contributed by atoms with van der Waals surface area (Å²) in [5.41, 5.74) is 4.75. The zero-order valence-electron chi connectivity index (χ0n) is 14.2. The molecule has 3 rings (SSSR count). The van der Waals surface area contributed by atoms with Crippen LogP contribution < -0.4 is 10.2 Å². The van der Waals surface area contributed by atoms with Crippen LogP contribution >= 0.6 is 0 Å². The van der Waals surface area contributed by atoms with Crippen LogP contribution in [0, 0.1) is 15.9 Å². The number of rotatable bonds is 7. The number of benzene rings is 3. The van der Waals surface area contributed by atoms with Crippen molar-refractivity contribution >= 4 is 17.6 Å². The summed E-state index contributed by atoms with van der Waals surface area (Å²) >= 11 is 0. The summed E-state index contributed by atoms with van der Waals surface area (Å²) < 4.78 is 18.5. The van der Waals surface area contributed by atoms with Gasteiger partial charge in [0.25, 0.3) is 0 Å². The van der Waals surface area contributed by atoms with Crippen LogP contribution in [-0.2, 0) is 6.61 Å². The molecular weight excluding hydrogens is 349 g/mol. The predicted molar refractivity (Wildman–Crippen MR) is 101 cm³/mol. The maximum Gasteiger partial charge on any atom is 0.311 e. The molecule has 0 radical (unpaired) electrons. The molecule has 0 aliphatic rings. The van der Waals surface area contributed by atoms with E-state index in [0.29, 0.717) is 11.1 Å². The Morgan fingerprint density at radius 3 is 2.52 bits per heavy atom. The van der Waals surface area contributed by atoms with Crippen molar-refractivity contribution in [2.45, 2.75) is 6.61 Å². The van der Waals surface area contributed by atoms with Gasteiger partial charge in [-0.15, -0.1) is 0 Å². The lowest BCUT2D eigenvalue weighted by molar-refractivity contribution is -0.385. The lowest BCUT2D eigenvalue weighted by atomic mass is 10.2. The van der Waals surface area contributed by atoms with E-state index in [1.165, 1.54) is 30.5 Å². The van der Waals surface area contributed by atoms with Gasteiger partial charge in [-0.3, -0.25) is 15.5 Å². The van der Waals surface area contributed by atoms with Crippen molar-refractivity contribution in [2.24, 2.45) is 5.10 Å². The first-order valence-corrected chi connectivity index (χ1v) is 8.11. The lowest BCUT2D eigenvalue weighted by Crippen LogP contribution is -2.00. The molecule has 0 aliphatic heterocycles. The average Bonchev–Trinajstić information content (AvgIpc) is 2.69. The third-order valence-electron chi connectivity index (χ3n) is 3.67. The fourth-order valence-electron chi connectivity index (χ4n) is 2.32. The molecule has 7 heteroatoms. The molecule has 0 amide bonds. The van der Waals surface area contributed by atoms with Crippen molar-refractivity contribution in [3.05, 3.63) is 99.9 Å². The van der Waals surface area contributed by atoms with Crippen molar-refractivity contribution in [3.8, 4) is 5.75 Å². The highest BCUT2D eigenvalue weighted by molar-refractivity contribution is 5.82. The number of ether oxygens (including phenoxy) is 1. The lowest BCUT2D eigenvalue weighted by Gasteiger charge is -2.07. The fraction of sp³-hybridized carbons (Fsp3) is 0.0500. The van der Waals surface area contributed by atoms with Gasteiger partial charge < -0.3 is 4.74 Å². The molecule has 1 N–H and O–H groups in total. The minimum atomic E-state index is -0.512. The number of hydrogen-bond acceptors (Lipinski definition) is 5. The average molecular weight is 365 g/mol. The van der Waals surface area contributed by atoms with Crippen LogP contribution in [0.15, 0.2) is 77.9 Å². The number of nitrogens with one attached hydrogen (secondary N) is 1. The first kappa shape index (κ1) is 18.1. The maximum atomic E-state index is 12.9. The summed E-state index contributed by atoms with van der Waals surface area (Å²) in [4.78, 5) is 10.8. The number of nitrogens with zero attached hydrogens (tertiary/aromatic N) is 2. The summed E-state index contributed by atoms with van der Waals surface area (Å²) in [5.74, 6) is -0.213. The van der Waals surface area contributed by atoms with Crippen molar-refractivity contribution in [3.63, 3.8) is 0 Å². The SMILES string of the molecule is O=[N+]([O-])c1cc(C=NNc2ccccc2)ccc1OCc1ccc(F)cc1. The van der Waals surface area contributed by atoms with Gasteiger partial charge in [0.2, 0.25) is 0 Å². The van der Waals surface area contributed by atoms with E-state index in [9.17, 15) is 14.5 Å². The Bertz CT molecular complexity index is 944. The molecule has 0 unspecified atom stereocenters. The Kier molecular flexibility index (Phi) is 5.73. The van der Waals surface area contributed by atoms with Crippen molar-refractivity contribution in [1.29, 1.82) is 0 Å². The van der Waals surface area contributed by atoms with Crippen LogP contribution in [0.2, 0.25) is 0 Å². The van der Waals surface area contributed by atoms with Crippen LogP contribution in [0.4, 0.5) is 15.8 Å². The summed E-state index contributed by atoms with van der Waals surface area (Å²) in [6.45, 7) is 0.101. The van der Waals surface area contributed by atoms with E-state index in [0.717, 1.165) is 5.69 Å². The van der Waals surface area contributed by atoms with Crippen molar-refractivity contribution in [2.75, 3.05) is 5.43 Å². The standard InChI is InChI=1S/C20H16FN3O3/c21-17-9-6-15(7-10-17)14-27-20-11-8-16(12-19(20)24(25)26)13-22-23-18-4-2-1-3-5-18/h1-13,23H,14H2. The zero-order chi connectivity index (χ0) is 19.1. The molecule has 136 valence electrons. The topological polar surface area (TPSA) is 76.8 Å². The fourth-order valence-corrected chi connectivity index (χ4v) is 2.32. The van der Waals surface area contributed by atoms with Gasteiger partial charge in [-0.25, -0.2) is 4.39 Å². The number of nitro groups is 1. The van der Waals surface area contributed by atoms with Crippen LogP contribution in [-0.4, -0.2) is 11.1 Å². The molecule has 6 nitrogen and oxygen atoms in total. The van der Waals surface area contributed by atoms with Crippen LogP contribution in [0.25, 0.3) is 0 Å². The molecule has 0 bridgehead atoms. The number of anilines is 1. The monoisotopic (exact) mass is 365 g/mol. The Hall–Kier alpha value is -3.74. The van der Waals surface area contributed by atoms with Gasteiger partial charge in [-0.2, -0.15) is 5.10 Å². The molecule has 0 spiro atoms. The van der Waals surface area contributed by atoms with Crippen molar-refractivity contribution < 1.29 is 14.1 Å². The number of para-hydroxylation sites is 1. The molecule has 0 fully saturated rings. The summed E-state index contributed by atoms with van der Waals surface area (Å²) in [7, 11) is 0. The maximum absolute atomic E-state index is 12.9. The molecular formula is C20H16FN3O3. The normalized spacial score (nSPS) is 10.7.